The summed E-state index contributed by atoms with van der Waals surface area (Å²) >= 11 is 12.4. The molecule has 0 amide bonds. The first-order valence-corrected chi connectivity index (χ1v) is 8.56. The molecule has 3 aromatic rings. The van der Waals surface area contributed by atoms with Gasteiger partial charge in [-0.25, -0.2) is 4.79 Å². The van der Waals surface area contributed by atoms with E-state index in [1.54, 1.807) is 0 Å². The van der Waals surface area contributed by atoms with E-state index in [1.165, 1.54) is 13.0 Å². The van der Waals surface area contributed by atoms with Gasteiger partial charge in [-0.2, -0.15) is 9.94 Å². The Morgan fingerprint density at radius 1 is 1.31 bits per heavy atom. The number of rotatable bonds is 4. The van der Waals surface area contributed by atoms with E-state index in [1.807, 2.05) is 4.98 Å². The molecule has 2 heterocycles. The number of aromatic amines is 2. The highest BCUT2D eigenvalue weighted by Gasteiger charge is 2.16. The van der Waals surface area contributed by atoms with Crippen LogP contribution >= 0.6 is 23.2 Å². The van der Waals surface area contributed by atoms with E-state index < -0.39 is 63.1 Å². The maximum atomic E-state index is 12.2. The molecule has 9 nitrogen and oxygen atoms in total. The first-order chi connectivity index (χ1) is 15.8. The van der Waals surface area contributed by atoms with Crippen molar-refractivity contribution in [1.29, 1.82) is 5.26 Å². The number of nitriles is 1. The lowest BCUT2D eigenvalue weighted by Gasteiger charge is -2.13. The highest BCUT2D eigenvalue weighted by atomic mass is 35.5. The van der Waals surface area contributed by atoms with Crippen LogP contribution in [0.1, 0.15) is 37.8 Å². The molecule has 3 rings (SSSR count). The van der Waals surface area contributed by atoms with Crippen molar-refractivity contribution in [1.82, 2.24) is 19.7 Å². The van der Waals surface area contributed by atoms with Crippen LogP contribution in [0.15, 0.2) is 38.7 Å². The minimum atomic E-state index is -2.47. The molecule has 2 N–H and O–H groups in total. The zero-order chi connectivity index (χ0) is 25.5. The number of halogens is 2. The van der Waals surface area contributed by atoms with Crippen molar-refractivity contribution in [3.8, 4) is 23.3 Å². The number of H-pyrrole nitrogens is 2. The lowest BCUT2D eigenvalue weighted by Crippen LogP contribution is -2.33. The zero-order valence-electron chi connectivity index (χ0n) is 19.5. The van der Waals surface area contributed by atoms with Gasteiger partial charge < -0.3 is 9.72 Å². The van der Waals surface area contributed by atoms with E-state index in [9.17, 15) is 14.4 Å². The van der Waals surface area contributed by atoms with Crippen molar-refractivity contribution in [3.63, 3.8) is 0 Å². The van der Waals surface area contributed by atoms with Gasteiger partial charge in [-0.05, 0) is 24.1 Å². The summed E-state index contributed by atoms with van der Waals surface area (Å²) in [6.07, 6.45) is 1.11. The summed E-state index contributed by atoms with van der Waals surface area (Å²) in [6.45, 7) is -1.13. The number of nitrogens with one attached hydrogen (secondary N) is 2. The average molecular weight is 439 g/mol. The number of hydrogen-bond donors (Lipinski definition) is 2. The smallest absolute Gasteiger partial charge is 0.349 e. The number of aromatic nitrogens is 4. The fourth-order valence-electron chi connectivity index (χ4n) is 2.25. The van der Waals surface area contributed by atoms with E-state index >= 15 is 0 Å². The molecule has 1 unspecified atom stereocenters. The van der Waals surface area contributed by atoms with Crippen molar-refractivity contribution in [2.24, 2.45) is 0 Å². The summed E-state index contributed by atoms with van der Waals surface area (Å²) in [7, 11) is 0. The first-order valence-electron chi connectivity index (χ1n) is 10.3. The summed E-state index contributed by atoms with van der Waals surface area (Å²) in [4.78, 5) is 40.1. The molecule has 0 fully saturated rings. The van der Waals surface area contributed by atoms with Gasteiger partial charge in [-0.15, -0.1) is 5.10 Å². The van der Waals surface area contributed by atoms with Gasteiger partial charge in [0.25, 0.3) is 11.1 Å². The third-order valence-corrected chi connectivity index (χ3v) is 4.12. The van der Waals surface area contributed by atoms with Crippen molar-refractivity contribution < 1.29 is 11.6 Å². The highest BCUT2D eigenvalue weighted by Crippen LogP contribution is 2.38. The van der Waals surface area contributed by atoms with Gasteiger partial charge in [0.05, 0.1) is 18.5 Å². The molecule has 0 bridgehead atoms. The maximum Gasteiger partial charge on any atom is 0.349 e. The summed E-state index contributed by atoms with van der Waals surface area (Å²) < 4.78 is 45.1. The van der Waals surface area contributed by atoms with E-state index in [4.69, 9.17) is 40.1 Å². The minimum Gasteiger partial charge on any atom is -0.453 e. The highest BCUT2D eigenvalue weighted by molar-refractivity contribution is 6.37. The van der Waals surface area contributed by atoms with E-state index in [0.29, 0.717) is 4.68 Å². The summed E-state index contributed by atoms with van der Waals surface area (Å²) in [5, 5.41) is 11.6. The Kier molecular flexibility index (Phi) is 4.01. The SMILES string of the molecule is [2H]c1c(Cl)c(Oc2c[nH]c(=O)c(C(C)C([2H])([2H])[2H])c2)c(Cl)c([2H])c1-n1nc(C#N)c(=O)[nH]c1=O. The van der Waals surface area contributed by atoms with Crippen molar-refractivity contribution in [2.45, 2.75) is 19.7 Å². The lowest BCUT2D eigenvalue weighted by atomic mass is 10.1. The second-order valence-corrected chi connectivity index (χ2v) is 6.39. The molecular formula is C18H13Cl2N5O4. The van der Waals surface area contributed by atoms with Gasteiger partial charge >= 0.3 is 5.69 Å². The van der Waals surface area contributed by atoms with Gasteiger partial charge in [-0.3, -0.25) is 14.6 Å². The van der Waals surface area contributed by atoms with Gasteiger partial charge in [0, 0.05) is 15.9 Å². The van der Waals surface area contributed by atoms with Gasteiger partial charge in [0.15, 0.2) is 5.75 Å². The maximum absolute atomic E-state index is 12.2. The zero-order valence-corrected chi connectivity index (χ0v) is 16.0. The van der Waals surface area contributed by atoms with Crippen molar-refractivity contribution in [2.75, 3.05) is 0 Å². The fourth-order valence-corrected chi connectivity index (χ4v) is 2.74. The molecule has 1 aromatic carbocycles. The molecule has 0 radical (unpaired) electrons. The Bertz CT molecular complexity index is 1490. The molecule has 0 aliphatic heterocycles. The molecule has 1 atom stereocenters. The predicted molar refractivity (Wildman–Crippen MR) is 106 cm³/mol. The Labute approximate surface area is 180 Å². The van der Waals surface area contributed by atoms with Crippen LogP contribution in [0, 0.1) is 11.3 Å². The standard InChI is InChI=1S/C18H13Cl2N5O4/c1-8(2)11-5-10(7-22-16(11)26)29-15-12(19)3-9(4-13(15)20)25-18(28)23-17(27)14(6-21)24-25/h3-5,7-8H,1-2H3,(H,22,26)(H,23,27,28)/i1D3,3D,4D. The Morgan fingerprint density at radius 2 is 2.00 bits per heavy atom. The van der Waals surface area contributed by atoms with Crippen LogP contribution in [0.2, 0.25) is 10.0 Å². The average Bonchev–Trinajstić information content (AvgIpc) is 2.76. The topological polar surface area (TPSA) is 134 Å². The number of benzene rings is 1. The third kappa shape index (κ3) is 4.08. The summed E-state index contributed by atoms with van der Waals surface area (Å²) in [6, 6.07) is 1.36. The van der Waals surface area contributed by atoms with E-state index in [0.717, 1.165) is 12.3 Å². The van der Waals surface area contributed by atoms with Crippen molar-refractivity contribution in [3.05, 3.63) is 76.8 Å². The molecule has 0 spiro atoms. The number of hydrogen-bond acceptors (Lipinski definition) is 6. The molecule has 0 saturated heterocycles. The first kappa shape index (κ1) is 14.6. The number of nitrogens with zero attached hydrogens (tertiary/aromatic N) is 3. The van der Waals surface area contributed by atoms with Crippen LogP contribution in [-0.4, -0.2) is 19.7 Å². The molecule has 148 valence electrons. The van der Waals surface area contributed by atoms with Gasteiger partial charge in [0.2, 0.25) is 5.69 Å². The van der Waals surface area contributed by atoms with Crippen LogP contribution in [0.3, 0.4) is 0 Å². The molecule has 0 saturated carbocycles. The summed E-state index contributed by atoms with van der Waals surface area (Å²) in [5.41, 5.74) is -4.18. The van der Waals surface area contributed by atoms with Crippen molar-refractivity contribution >= 4 is 23.2 Å². The van der Waals surface area contributed by atoms with Crippen LogP contribution in [0.4, 0.5) is 0 Å². The molecule has 2 aromatic heterocycles. The Morgan fingerprint density at radius 3 is 2.62 bits per heavy atom. The molecular weight excluding hydrogens is 421 g/mol. The minimum absolute atomic E-state index is 0.0906. The normalized spacial score (nSPS) is 14.6. The third-order valence-electron chi connectivity index (χ3n) is 3.59. The second-order valence-electron chi connectivity index (χ2n) is 5.63. The van der Waals surface area contributed by atoms with Crippen LogP contribution in [0.5, 0.6) is 11.5 Å². The molecule has 29 heavy (non-hydrogen) atoms. The lowest BCUT2D eigenvalue weighted by molar-refractivity contribution is 0.478. The number of ether oxygens (including phenoxy) is 1. The Balaban J connectivity index is 2.17. The second kappa shape index (κ2) is 7.95. The molecule has 11 heteroatoms. The fraction of sp³-hybridized carbons (Fsp3) is 0.167. The molecule has 0 aliphatic carbocycles. The summed E-state index contributed by atoms with van der Waals surface area (Å²) in [5.74, 6) is -1.62. The van der Waals surface area contributed by atoms with Crippen LogP contribution < -0.4 is 21.5 Å². The predicted octanol–water partition coefficient (Wildman–Crippen LogP) is 2.70. The van der Waals surface area contributed by atoms with Crippen LogP contribution in [-0.2, 0) is 0 Å². The van der Waals surface area contributed by atoms with Crippen LogP contribution in [0.25, 0.3) is 5.69 Å². The van der Waals surface area contributed by atoms with E-state index in [-0.39, 0.29) is 17.1 Å². The largest absolute Gasteiger partial charge is 0.453 e. The van der Waals surface area contributed by atoms with Gasteiger partial charge in [-0.1, -0.05) is 37.0 Å². The Hall–Kier alpha value is -3.35. The van der Waals surface area contributed by atoms with Gasteiger partial charge in [0.1, 0.15) is 11.8 Å². The number of pyridine rings is 1. The monoisotopic (exact) mass is 438 g/mol. The van der Waals surface area contributed by atoms with E-state index in [2.05, 4.69) is 10.1 Å². The molecule has 0 aliphatic rings. The quantitative estimate of drug-likeness (QED) is 0.642.